The van der Waals surface area contributed by atoms with E-state index < -0.39 is 0 Å². The van der Waals surface area contributed by atoms with Crippen molar-refractivity contribution in [2.75, 3.05) is 0 Å². The maximum Gasteiger partial charge on any atom is 0.294 e. The molecule has 1 amide bonds. The third-order valence-electron chi connectivity index (χ3n) is 4.63. The molecule has 8 heteroatoms. The van der Waals surface area contributed by atoms with Gasteiger partial charge in [0.05, 0.1) is 9.71 Å². The quantitative estimate of drug-likeness (QED) is 0.508. The number of halogens is 1. The second-order valence-corrected chi connectivity index (χ2v) is 8.63. The highest BCUT2D eigenvalue weighted by molar-refractivity contribution is 7.19. The molecule has 152 valence electrons. The molecular weight excluding hydrogens is 420 g/mol. The molecular formula is C22H19ClN4O2S. The average molecular weight is 439 g/mol. The fourth-order valence-electron chi connectivity index (χ4n) is 3.07. The molecule has 30 heavy (non-hydrogen) atoms. The van der Waals surface area contributed by atoms with Gasteiger partial charge in [0.15, 0.2) is 5.52 Å². The molecule has 0 fully saturated rings. The van der Waals surface area contributed by atoms with Crippen LogP contribution in [0.25, 0.3) is 21.5 Å². The van der Waals surface area contributed by atoms with Gasteiger partial charge in [0, 0.05) is 17.1 Å². The Labute approximate surface area is 182 Å². The zero-order valence-electron chi connectivity index (χ0n) is 16.5. The lowest BCUT2D eigenvalue weighted by Gasteiger charge is -2.10. The summed E-state index contributed by atoms with van der Waals surface area (Å²) in [6.45, 7) is 4.05. The fraction of sp³-hybridized carbons (Fsp3) is 0.182. The Morgan fingerprint density at radius 1 is 1.10 bits per heavy atom. The zero-order chi connectivity index (χ0) is 21.3. The molecule has 2 aromatic heterocycles. The van der Waals surface area contributed by atoms with Crippen LogP contribution in [0.4, 0.5) is 0 Å². The molecule has 1 N–H and O–H groups in total. The van der Waals surface area contributed by atoms with Crippen molar-refractivity contribution >= 4 is 39.1 Å². The lowest BCUT2D eigenvalue weighted by atomic mass is 10.1. The van der Waals surface area contributed by atoms with Crippen molar-refractivity contribution in [2.24, 2.45) is 0 Å². The van der Waals surface area contributed by atoms with E-state index in [4.69, 9.17) is 11.6 Å². The predicted octanol–water partition coefficient (Wildman–Crippen LogP) is 4.11. The number of thiazole rings is 1. The second kappa shape index (κ2) is 8.38. The van der Waals surface area contributed by atoms with Gasteiger partial charge >= 0.3 is 0 Å². The zero-order valence-corrected chi connectivity index (χ0v) is 18.0. The first-order valence-corrected chi connectivity index (χ1v) is 10.6. The molecule has 0 aliphatic rings. The summed E-state index contributed by atoms with van der Waals surface area (Å²) >= 11 is 7.41. The monoisotopic (exact) mass is 438 g/mol. The standard InChI is InChI=1S/C22H19ClN4O2S/c1-13-3-5-15(6-4-13)11-24-18(28)12-27-22(29)20-21(30-14(2)25-20)19(26-27)16-7-9-17(23)10-8-16/h3-10H,11-12H2,1-2H3,(H,24,28). The van der Waals surface area contributed by atoms with Gasteiger partial charge in [-0.25, -0.2) is 9.67 Å². The summed E-state index contributed by atoms with van der Waals surface area (Å²) in [7, 11) is 0. The van der Waals surface area contributed by atoms with Gasteiger partial charge in [-0.1, -0.05) is 53.6 Å². The lowest BCUT2D eigenvalue weighted by Crippen LogP contribution is -2.33. The minimum atomic E-state index is -0.377. The Morgan fingerprint density at radius 3 is 2.50 bits per heavy atom. The van der Waals surface area contributed by atoms with Gasteiger partial charge in [-0.05, 0) is 31.5 Å². The summed E-state index contributed by atoms with van der Waals surface area (Å²) < 4.78 is 1.88. The number of hydrogen-bond donors (Lipinski definition) is 1. The molecule has 4 aromatic rings. The minimum Gasteiger partial charge on any atom is -0.350 e. The number of carbonyl (C=O) groups excluding carboxylic acids is 1. The van der Waals surface area contributed by atoms with Gasteiger partial charge in [-0.15, -0.1) is 11.3 Å². The molecule has 6 nitrogen and oxygen atoms in total. The number of fused-ring (bicyclic) bond motifs is 1. The lowest BCUT2D eigenvalue weighted by molar-refractivity contribution is -0.122. The van der Waals surface area contributed by atoms with Crippen molar-refractivity contribution in [3.63, 3.8) is 0 Å². The van der Waals surface area contributed by atoms with Crippen molar-refractivity contribution in [3.05, 3.63) is 80.0 Å². The van der Waals surface area contributed by atoms with Crippen LogP contribution < -0.4 is 10.9 Å². The number of benzene rings is 2. The van der Waals surface area contributed by atoms with Gasteiger partial charge in [0.25, 0.3) is 5.56 Å². The van der Waals surface area contributed by atoms with Crippen LogP contribution in [0.1, 0.15) is 16.1 Å². The van der Waals surface area contributed by atoms with Crippen molar-refractivity contribution in [3.8, 4) is 11.3 Å². The van der Waals surface area contributed by atoms with Gasteiger partial charge in [0.1, 0.15) is 12.2 Å². The van der Waals surface area contributed by atoms with E-state index in [1.165, 1.54) is 16.0 Å². The topological polar surface area (TPSA) is 76.9 Å². The molecule has 0 atom stereocenters. The SMILES string of the molecule is Cc1ccc(CNC(=O)Cn2nc(-c3ccc(Cl)cc3)c3sc(C)nc3c2=O)cc1. The third kappa shape index (κ3) is 4.27. The Morgan fingerprint density at radius 2 is 1.80 bits per heavy atom. The summed E-state index contributed by atoms with van der Waals surface area (Å²) in [6, 6.07) is 15.1. The highest BCUT2D eigenvalue weighted by Gasteiger charge is 2.18. The Kier molecular flexibility index (Phi) is 5.65. The molecule has 0 bridgehead atoms. The van der Waals surface area contributed by atoms with Gasteiger partial charge in [-0.3, -0.25) is 9.59 Å². The van der Waals surface area contributed by atoms with Gasteiger partial charge in [-0.2, -0.15) is 5.10 Å². The molecule has 2 aromatic carbocycles. The average Bonchev–Trinajstić information content (AvgIpc) is 3.12. The number of aromatic nitrogens is 3. The van der Waals surface area contributed by atoms with Crippen molar-refractivity contribution in [1.29, 1.82) is 0 Å². The van der Waals surface area contributed by atoms with E-state index >= 15 is 0 Å². The molecule has 2 heterocycles. The highest BCUT2D eigenvalue weighted by Crippen LogP contribution is 2.30. The van der Waals surface area contributed by atoms with E-state index in [0.29, 0.717) is 27.5 Å². The summed E-state index contributed by atoms with van der Waals surface area (Å²) in [4.78, 5) is 29.7. The summed E-state index contributed by atoms with van der Waals surface area (Å²) in [6.07, 6.45) is 0. The molecule has 0 saturated heterocycles. The van der Waals surface area contributed by atoms with E-state index in [0.717, 1.165) is 21.7 Å². The molecule has 0 aliphatic carbocycles. The first kappa shape index (κ1) is 20.3. The number of amides is 1. The predicted molar refractivity (Wildman–Crippen MR) is 120 cm³/mol. The van der Waals surface area contributed by atoms with Crippen LogP contribution in [0.5, 0.6) is 0 Å². The second-order valence-electron chi connectivity index (χ2n) is 6.99. The Bertz CT molecular complexity index is 1280. The number of hydrogen-bond acceptors (Lipinski definition) is 5. The van der Waals surface area contributed by atoms with E-state index in [9.17, 15) is 9.59 Å². The summed E-state index contributed by atoms with van der Waals surface area (Å²) in [5, 5.41) is 8.71. The van der Waals surface area contributed by atoms with Crippen molar-refractivity contribution < 1.29 is 4.79 Å². The van der Waals surface area contributed by atoms with Crippen LogP contribution >= 0.6 is 22.9 Å². The molecule has 0 aliphatic heterocycles. The maximum absolute atomic E-state index is 12.9. The van der Waals surface area contributed by atoms with E-state index in [1.807, 2.05) is 50.2 Å². The molecule has 0 radical (unpaired) electrons. The van der Waals surface area contributed by atoms with Gasteiger partial charge in [0.2, 0.25) is 5.91 Å². The smallest absolute Gasteiger partial charge is 0.294 e. The van der Waals surface area contributed by atoms with Crippen LogP contribution in [0.2, 0.25) is 5.02 Å². The van der Waals surface area contributed by atoms with Gasteiger partial charge < -0.3 is 5.32 Å². The number of rotatable bonds is 5. The number of aryl methyl sites for hydroxylation is 2. The molecule has 0 saturated carbocycles. The van der Waals surface area contributed by atoms with Crippen molar-refractivity contribution in [1.82, 2.24) is 20.1 Å². The molecule has 0 spiro atoms. The number of nitrogens with zero attached hydrogens (tertiary/aromatic N) is 3. The first-order chi connectivity index (χ1) is 14.4. The minimum absolute atomic E-state index is 0.183. The maximum atomic E-state index is 12.9. The fourth-order valence-corrected chi connectivity index (χ4v) is 4.11. The Balaban J connectivity index is 1.64. The Hall–Kier alpha value is -3.03. The first-order valence-electron chi connectivity index (χ1n) is 9.37. The van der Waals surface area contributed by atoms with Crippen LogP contribution in [0.3, 0.4) is 0 Å². The van der Waals surface area contributed by atoms with Crippen LogP contribution in [-0.4, -0.2) is 20.7 Å². The number of nitrogens with one attached hydrogen (secondary N) is 1. The largest absolute Gasteiger partial charge is 0.350 e. The molecule has 4 rings (SSSR count). The summed E-state index contributed by atoms with van der Waals surface area (Å²) in [5.41, 5.74) is 3.51. The third-order valence-corrected chi connectivity index (χ3v) is 5.86. The number of carbonyl (C=O) groups is 1. The van der Waals surface area contributed by atoms with E-state index in [-0.39, 0.29) is 18.0 Å². The summed E-state index contributed by atoms with van der Waals surface area (Å²) in [5.74, 6) is -0.293. The van der Waals surface area contributed by atoms with E-state index in [2.05, 4.69) is 15.4 Å². The van der Waals surface area contributed by atoms with Crippen LogP contribution in [-0.2, 0) is 17.9 Å². The van der Waals surface area contributed by atoms with Crippen molar-refractivity contribution in [2.45, 2.75) is 26.9 Å². The highest BCUT2D eigenvalue weighted by atomic mass is 35.5. The molecule has 0 unspecified atom stereocenters. The normalized spacial score (nSPS) is 11.0. The van der Waals surface area contributed by atoms with E-state index in [1.54, 1.807) is 12.1 Å². The van der Waals surface area contributed by atoms with Crippen LogP contribution in [0.15, 0.2) is 53.3 Å². The van der Waals surface area contributed by atoms with Crippen LogP contribution in [0, 0.1) is 13.8 Å².